The highest BCUT2D eigenvalue weighted by atomic mass is 79.9. The second-order valence-electron chi connectivity index (χ2n) is 4.60. The first-order valence-corrected chi connectivity index (χ1v) is 8.00. The zero-order valence-corrected chi connectivity index (χ0v) is 14.4. The van der Waals surface area contributed by atoms with Crippen LogP contribution in [0.5, 0.6) is 11.5 Å². The summed E-state index contributed by atoms with van der Waals surface area (Å²) in [6.45, 7) is 4.66. The van der Waals surface area contributed by atoms with Crippen molar-refractivity contribution in [2.75, 3.05) is 18.5 Å². The molecule has 0 saturated heterocycles. The SMILES string of the molecule is CCOc1ccc(OCC)c(NC(=O)c2cc(Br)ccc2F)c1. The van der Waals surface area contributed by atoms with Gasteiger partial charge in [-0.3, -0.25) is 4.79 Å². The van der Waals surface area contributed by atoms with Gasteiger partial charge in [0.15, 0.2) is 0 Å². The molecule has 1 N–H and O–H groups in total. The fourth-order valence-electron chi connectivity index (χ4n) is 2.01. The number of nitrogens with one attached hydrogen (secondary N) is 1. The Hall–Kier alpha value is -2.08. The van der Waals surface area contributed by atoms with Crippen molar-refractivity contribution in [2.45, 2.75) is 13.8 Å². The Morgan fingerprint density at radius 3 is 2.57 bits per heavy atom. The third-order valence-electron chi connectivity index (χ3n) is 2.98. The summed E-state index contributed by atoms with van der Waals surface area (Å²) in [5.41, 5.74) is 0.380. The first-order chi connectivity index (χ1) is 11.0. The molecule has 4 nitrogen and oxygen atoms in total. The van der Waals surface area contributed by atoms with Crippen LogP contribution in [0.1, 0.15) is 24.2 Å². The fourth-order valence-corrected chi connectivity index (χ4v) is 2.37. The van der Waals surface area contributed by atoms with Crippen LogP contribution in [-0.4, -0.2) is 19.1 Å². The summed E-state index contributed by atoms with van der Waals surface area (Å²) in [6, 6.07) is 9.32. The Morgan fingerprint density at radius 1 is 1.13 bits per heavy atom. The predicted molar refractivity (Wildman–Crippen MR) is 90.8 cm³/mol. The van der Waals surface area contributed by atoms with Crippen LogP contribution in [0, 0.1) is 5.82 Å². The molecule has 0 fully saturated rings. The van der Waals surface area contributed by atoms with Crippen LogP contribution in [-0.2, 0) is 0 Å². The molecule has 0 aliphatic heterocycles. The third kappa shape index (κ3) is 4.45. The molecule has 2 aromatic carbocycles. The van der Waals surface area contributed by atoms with E-state index in [4.69, 9.17) is 9.47 Å². The van der Waals surface area contributed by atoms with Gasteiger partial charge in [-0.15, -0.1) is 0 Å². The molecular weight excluding hydrogens is 365 g/mol. The Labute approximate surface area is 142 Å². The number of ether oxygens (including phenoxy) is 2. The van der Waals surface area contributed by atoms with Crippen LogP contribution in [0.15, 0.2) is 40.9 Å². The van der Waals surface area contributed by atoms with Gasteiger partial charge in [-0.2, -0.15) is 0 Å². The van der Waals surface area contributed by atoms with Crippen LogP contribution in [0.4, 0.5) is 10.1 Å². The number of hydrogen-bond acceptors (Lipinski definition) is 3. The highest BCUT2D eigenvalue weighted by molar-refractivity contribution is 9.10. The summed E-state index contributed by atoms with van der Waals surface area (Å²) in [4.78, 5) is 12.3. The molecule has 122 valence electrons. The number of anilines is 1. The van der Waals surface area contributed by atoms with Gasteiger partial charge in [0.1, 0.15) is 17.3 Å². The van der Waals surface area contributed by atoms with Gasteiger partial charge >= 0.3 is 0 Å². The highest BCUT2D eigenvalue weighted by Gasteiger charge is 2.15. The number of carbonyl (C=O) groups is 1. The number of carbonyl (C=O) groups excluding carboxylic acids is 1. The Morgan fingerprint density at radius 2 is 1.87 bits per heavy atom. The molecule has 2 aromatic rings. The summed E-state index contributed by atoms with van der Waals surface area (Å²) in [6.07, 6.45) is 0. The van der Waals surface area contributed by atoms with E-state index in [9.17, 15) is 9.18 Å². The van der Waals surface area contributed by atoms with Crippen molar-refractivity contribution in [2.24, 2.45) is 0 Å². The van der Waals surface area contributed by atoms with Crippen molar-refractivity contribution in [3.63, 3.8) is 0 Å². The van der Waals surface area contributed by atoms with E-state index in [1.165, 1.54) is 18.2 Å². The Bertz CT molecular complexity index is 706. The molecule has 23 heavy (non-hydrogen) atoms. The summed E-state index contributed by atoms with van der Waals surface area (Å²) in [5.74, 6) is -0.0521. The van der Waals surface area contributed by atoms with E-state index in [1.54, 1.807) is 18.2 Å². The van der Waals surface area contributed by atoms with Crippen molar-refractivity contribution >= 4 is 27.5 Å². The fraction of sp³-hybridized carbons (Fsp3) is 0.235. The summed E-state index contributed by atoms with van der Waals surface area (Å²) in [7, 11) is 0. The van der Waals surface area contributed by atoms with Crippen LogP contribution in [0.3, 0.4) is 0 Å². The number of halogens is 2. The maximum atomic E-state index is 13.8. The van der Waals surface area contributed by atoms with Gasteiger partial charge in [0, 0.05) is 10.5 Å². The zero-order valence-electron chi connectivity index (χ0n) is 12.9. The molecule has 0 aliphatic rings. The zero-order chi connectivity index (χ0) is 16.8. The van der Waals surface area contributed by atoms with Gasteiger partial charge < -0.3 is 14.8 Å². The maximum Gasteiger partial charge on any atom is 0.258 e. The van der Waals surface area contributed by atoms with Crippen molar-refractivity contribution in [3.05, 3.63) is 52.3 Å². The number of benzene rings is 2. The first-order valence-electron chi connectivity index (χ1n) is 7.21. The van der Waals surface area contributed by atoms with Crippen molar-refractivity contribution in [1.82, 2.24) is 0 Å². The molecule has 0 aliphatic carbocycles. The van der Waals surface area contributed by atoms with Gasteiger partial charge in [0.25, 0.3) is 5.91 Å². The lowest BCUT2D eigenvalue weighted by atomic mass is 10.2. The molecule has 0 radical (unpaired) electrons. The number of rotatable bonds is 6. The molecular formula is C17H17BrFNO3. The van der Waals surface area contributed by atoms with Crippen molar-refractivity contribution in [3.8, 4) is 11.5 Å². The minimum atomic E-state index is -0.593. The molecule has 0 bridgehead atoms. The van der Waals surface area contributed by atoms with Gasteiger partial charge in [-0.1, -0.05) is 15.9 Å². The first kappa shape index (κ1) is 17.3. The topological polar surface area (TPSA) is 47.6 Å². The molecule has 0 unspecified atom stereocenters. The van der Waals surface area contributed by atoms with E-state index in [0.29, 0.717) is 34.9 Å². The normalized spacial score (nSPS) is 10.3. The van der Waals surface area contributed by atoms with E-state index >= 15 is 0 Å². The summed E-state index contributed by atoms with van der Waals surface area (Å²) < 4.78 is 25.4. The predicted octanol–water partition coefficient (Wildman–Crippen LogP) is 4.64. The number of hydrogen-bond donors (Lipinski definition) is 1. The monoisotopic (exact) mass is 381 g/mol. The smallest absolute Gasteiger partial charge is 0.258 e. The van der Waals surface area contributed by atoms with Crippen molar-refractivity contribution < 1.29 is 18.7 Å². The van der Waals surface area contributed by atoms with Gasteiger partial charge in [0.05, 0.1) is 24.5 Å². The molecule has 0 aromatic heterocycles. The third-order valence-corrected chi connectivity index (χ3v) is 3.48. The largest absolute Gasteiger partial charge is 0.494 e. The summed E-state index contributed by atoms with van der Waals surface area (Å²) >= 11 is 3.23. The Balaban J connectivity index is 2.31. The van der Waals surface area contributed by atoms with E-state index in [1.807, 2.05) is 13.8 Å². The molecule has 0 saturated carbocycles. The highest BCUT2D eigenvalue weighted by Crippen LogP contribution is 2.30. The molecule has 0 atom stereocenters. The molecule has 1 amide bonds. The molecule has 0 heterocycles. The molecule has 6 heteroatoms. The van der Waals surface area contributed by atoms with E-state index in [0.717, 1.165) is 0 Å². The average molecular weight is 382 g/mol. The van der Waals surface area contributed by atoms with Crippen LogP contribution < -0.4 is 14.8 Å². The van der Waals surface area contributed by atoms with Crippen LogP contribution in [0.25, 0.3) is 0 Å². The van der Waals surface area contributed by atoms with Crippen molar-refractivity contribution in [1.29, 1.82) is 0 Å². The standard InChI is InChI=1S/C17H17BrFNO3/c1-3-22-12-6-8-16(23-4-2)15(10-12)20-17(21)13-9-11(18)5-7-14(13)19/h5-10H,3-4H2,1-2H3,(H,20,21). The summed E-state index contributed by atoms with van der Waals surface area (Å²) in [5, 5.41) is 2.67. The van der Waals surface area contributed by atoms with Gasteiger partial charge in [-0.05, 0) is 44.2 Å². The molecule has 0 spiro atoms. The van der Waals surface area contributed by atoms with Gasteiger partial charge in [-0.25, -0.2) is 4.39 Å². The lowest BCUT2D eigenvalue weighted by Crippen LogP contribution is -2.15. The van der Waals surface area contributed by atoms with Gasteiger partial charge in [0.2, 0.25) is 0 Å². The average Bonchev–Trinajstić information content (AvgIpc) is 2.52. The van der Waals surface area contributed by atoms with E-state index < -0.39 is 11.7 Å². The lowest BCUT2D eigenvalue weighted by Gasteiger charge is -2.14. The molecule has 2 rings (SSSR count). The van der Waals surface area contributed by atoms with Crippen LogP contribution in [0.2, 0.25) is 0 Å². The second kappa shape index (κ2) is 7.97. The van der Waals surface area contributed by atoms with E-state index in [2.05, 4.69) is 21.2 Å². The Kier molecular flexibility index (Phi) is 5.98. The second-order valence-corrected chi connectivity index (χ2v) is 5.52. The minimum absolute atomic E-state index is 0.0522. The van der Waals surface area contributed by atoms with Crippen LogP contribution >= 0.6 is 15.9 Å². The van der Waals surface area contributed by atoms with E-state index in [-0.39, 0.29) is 5.56 Å². The maximum absolute atomic E-state index is 13.8. The minimum Gasteiger partial charge on any atom is -0.494 e. The number of amides is 1. The lowest BCUT2D eigenvalue weighted by molar-refractivity contribution is 0.102. The quantitative estimate of drug-likeness (QED) is 0.792.